The van der Waals surface area contributed by atoms with Crippen molar-refractivity contribution in [2.45, 2.75) is 19.9 Å². The lowest BCUT2D eigenvalue weighted by atomic mass is 10.2. The van der Waals surface area contributed by atoms with Crippen LogP contribution >= 0.6 is 0 Å². The van der Waals surface area contributed by atoms with E-state index in [1.807, 2.05) is 0 Å². The minimum Gasteiger partial charge on any atom is -0.467 e. The summed E-state index contributed by atoms with van der Waals surface area (Å²) in [6, 6.07) is 0.688. The van der Waals surface area contributed by atoms with Crippen LogP contribution in [-0.2, 0) is 9.53 Å². The first kappa shape index (κ1) is 12.9. The Hall–Kier alpha value is -2.18. The Morgan fingerprint density at radius 1 is 1.65 bits per heavy atom. The van der Waals surface area contributed by atoms with E-state index in [1.165, 1.54) is 26.3 Å². The van der Waals surface area contributed by atoms with Gasteiger partial charge in [-0.05, 0) is 19.4 Å². The van der Waals surface area contributed by atoms with E-state index < -0.39 is 16.9 Å². The van der Waals surface area contributed by atoms with Crippen LogP contribution in [0.15, 0.2) is 12.3 Å². The number of nitrogens with zero attached hydrogens (tertiary/aromatic N) is 2. The monoisotopic (exact) mass is 239 g/mol. The van der Waals surface area contributed by atoms with Gasteiger partial charge in [-0.25, -0.2) is 9.78 Å². The number of hydrogen-bond acceptors (Lipinski definition) is 6. The summed E-state index contributed by atoms with van der Waals surface area (Å²) in [5.41, 5.74) is 0.508. The molecular weight excluding hydrogens is 226 g/mol. The first-order valence-electron chi connectivity index (χ1n) is 4.91. The van der Waals surface area contributed by atoms with Crippen LogP contribution in [0.25, 0.3) is 0 Å². The van der Waals surface area contributed by atoms with Crippen molar-refractivity contribution in [3.8, 4) is 0 Å². The molecule has 7 heteroatoms. The second-order valence-corrected chi connectivity index (χ2v) is 3.53. The largest absolute Gasteiger partial charge is 0.467 e. The van der Waals surface area contributed by atoms with Gasteiger partial charge in [0, 0.05) is 12.3 Å². The van der Waals surface area contributed by atoms with E-state index in [1.54, 1.807) is 6.92 Å². The summed E-state index contributed by atoms with van der Waals surface area (Å²) in [5.74, 6) is -0.458. The van der Waals surface area contributed by atoms with E-state index in [2.05, 4.69) is 15.0 Å². The Bertz CT molecular complexity index is 447. The number of carbonyl (C=O) groups is 1. The lowest BCUT2D eigenvalue weighted by molar-refractivity contribution is -0.384. The van der Waals surface area contributed by atoms with Crippen molar-refractivity contribution < 1.29 is 14.5 Å². The zero-order chi connectivity index (χ0) is 13.0. The summed E-state index contributed by atoms with van der Waals surface area (Å²) in [6.45, 7) is 3.24. The summed E-state index contributed by atoms with van der Waals surface area (Å²) < 4.78 is 4.51. The number of pyridine rings is 1. The number of hydrogen-bond donors (Lipinski definition) is 1. The van der Waals surface area contributed by atoms with Gasteiger partial charge in [-0.3, -0.25) is 10.1 Å². The molecule has 7 nitrogen and oxygen atoms in total. The molecule has 0 saturated heterocycles. The highest BCUT2D eigenvalue weighted by molar-refractivity contribution is 5.79. The molecule has 1 aromatic heterocycles. The molecule has 1 atom stereocenters. The Morgan fingerprint density at radius 3 is 2.82 bits per heavy atom. The molecule has 1 unspecified atom stereocenters. The molecule has 1 aromatic rings. The molecule has 0 radical (unpaired) electrons. The number of esters is 1. The zero-order valence-electron chi connectivity index (χ0n) is 9.76. The molecule has 17 heavy (non-hydrogen) atoms. The Kier molecular flexibility index (Phi) is 3.97. The number of ether oxygens (including phenoxy) is 1. The van der Waals surface area contributed by atoms with E-state index in [4.69, 9.17) is 0 Å². The molecule has 0 aliphatic rings. The maximum atomic E-state index is 11.2. The van der Waals surface area contributed by atoms with Crippen LogP contribution in [-0.4, -0.2) is 29.0 Å². The van der Waals surface area contributed by atoms with Gasteiger partial charge in [0.15, 0.2) is 0 Å². The summed E-state index contributed by atoms with van der Waals surface area (Å²) in [6.07, 6.45) is 1.49. The standard InChI is InChI=1S/C10H13N3O4/c1-6-4-8(13(15)16)9(11-5-6)12-7(2)10(14)17-3/h4-5,7H,1-3H3,(H,11,12). The molecule has 0 fully saturated rings. The van der Waals surface area contributed by atoms with Crippen molar-refractivity contribution in [1.29, 1.82) is 0 Å². The quantitative estimate of drug-likeness (QED) is 0.483. The van der Waals surface area contributed by atoms with Crippen molar-refractivity contribution in [3.63, 3.8) is 0 Å². The summed E-state index contributed by atoms with van der Waals surface area (Å²) in [7, 11) is 1.25. The van der Waals surface area contributed by atoms with Gasteiger partial charge in [-0.15, -0.1) is 0 Å². The van der Waals surface area contributed by atoms with Gasteiger partial charge in [-0.1, -0.05) is 0 Å². The first-order valence-corrected chi connectivity index (χ1v) is 4.91. The lowest BCUT2D eigenvalue weighted by Crippen LogP contribution is -2.28. The fourth-order valence-corrected chi connectivity index (χ4v) is 1.24. The zero-order valence-corrected chi connectivity index (χ0v) is 9.76. The predicted octanol–water partition coefficient (Wildman–Crippen LogP) is 1.27. The third-order valence-corrected chi connectivity index (χ3v) is 2.11. The van der Waals surface area contributed by atoms with E-state index in [-0.39, 0.29) is 11.5 Å². The fourth-order valence-electron chi connectivity index (χ4n) is 1.24. The average Bonchev–Trinajstić information content (AvgIpc) is 2.29. The normalized spacial score (nSPS) is 11.7. The molecule has 0 spiro atoms. The summed E-state index contributed by atoms with van der Waals surface area (Å²) in [5, 5.41) is 13.4. The number of anilines is 1. The van der Waals surface area contributed by atoms with Crippen molar-refractivity contribution in [2.24, 2.45) is 0 Å². The van der Waals surface area contributed by atoms with E-state index in [0.29, 0.717) is 5.56 Å². The van der Waals surface area contributed by atoms with E-state index >= 15 is 0 Å². The molecule has 0 aromatic carbocycles. The second-order valence-electron chi connectivity index (χ2n) is 3.53. The molecule has 0 bridgehead atoms. The van der Waals surface area contributed by atoms with Gasteiger partial charge in [0.25, 0.3) is 0 Å². The number of nitrogens with one attached hydrogen (secondary N) is 1. The predicted molar refractivity (Wildman–Crippen MR) is 60.7 cm³/mol. The van der Waals surface area contributed by atoms with Crippen molar-refractivity contribution in [3.05, 3.63) is 27.9 Å². The Balaban J connectivity index is 2.98. The third kappa shape index (κ3) is 3.13. The second kappa shape index (κ2) is 5.24. The van der Waals surface area contributed by atoms with Gasteiger partial charge in [0.2, 0.25) is 5.82 Å². The molecule has 1 N–H and O–H groups in total. The Labute approximate surface area is 98.0 Å². The van der Waals surface area contributed by atoms with Gasteiger partial charge in [0.1, 0.15) is 6.04 Å². The topological polar surface area (TPSA) is 94.4 Å². The highest BCUT2D eigenvalue weighted by Gasteiger charge is 2.20. The maximum Gasteiger partial charge on any atom is 0.328 e. The van der Waals surface area contributed by atoms with Crippen molar-refractivity contribution >= 4 is 17.5 Å². The minimum absolute atomic E-state index is 0.0542. The minimum atomic E-state index is -0.700. The third-order valence-electron chi connectivity index (χ3n) is 2.11. The highest BCUT2D eigenvalue weighted by atomic mass is 16.6. The van der Waals surface area contributed by atoms with Crippen LogP contribution < -0.4 is 5.32 Å². The van der Waals surface area contributed by atoms with Gasteiger partial charge >= 0.3 is 11.7 Å². The number of carbonyl (C=O) groups excluding carboxylic acids is 1. The number of aromatic nitrogens is 1. The molecule has 0 saturated carbocycles. The maximum absolute atomic E-state index is 11.2. The number of methoxy groups -OCH3 is 1. The smallest absolute Gasteiger partial charge is 0.328 e. The van der Waals surface area contributed by atoms with Gasteiger partial charge in [-0.2, -0.15) is 0 Å². The average molecular weight is 239 g/mol. The molecule has 92 valence electrons. The SMILES string of the molecule is COC(=O)C(C)Nc1ncc(C)cc1[N+](=O)[O-]. The lowest BCUT2D eigenvalue weighted by Gasteiger charge is -2.12. The van der Waals surface area contributed by atoms with Crippen LogP contribution in [0, 0.1) is 17.0 Å². The van der Waals surface area contributed by atoms with Crippen LogP contribution in [0.2, 0.25) is 0 Å². The molecule has 0 amide bonds. The molecular formula is C10H13N3O4. The molecule has 0 aliphatic heterocycles. The number of nitro groups is 1. The molecule has 0 aliphatic carbocycles. The highest BCUT2D eigenvalue weighted by Crippen LogP contribution is 2.23. The first-order chi connectivity index (χ1) is 7.95. The van der Waals surface area contributed by atoms with Crippen molar-refractivity contribution in [1.82, 2.24) is 4.98 Å². The van der Waals surface area contributed by atoms with E-state index in [9.17, 15) is 14.9 Å². The fraction of sp³-hybridized carbons (Fsp3) is 0.400. The number of aryl methyl sites for hydroxylation is 1. The molecule has 1 heterocycles. The van der Waals surface area contributed by atoms with Crippen LogP contribution in [0.5, 0.6) is 0 Å². The van der Waals surface area contributed by atoms with Crippen molar-refractivity contribution in [2.75, 3.05) is 12.4 Å². The van der Waals surface area contributed by atoms with Gasteiger partial charge in [0.05, 0.1) is 12.0 Å². The van der Waals surface area contributed by atoms with E-state index in [0.717, 1.165) is 0 Å². The molecule has 1 rings (SSSR count). The van der Waals surface area contributed by atoms with Crippen LogP contribution in [0.1, 0.15) is 12.5 Å². The Morgan fingerprint density at radius 2 is 2.29 bits per heavy atom. The summed E-state index contributed by atoms with van der Waals surface area (Å²) >= 11 is 0. The van der Waals surface area contributed by atoms with Crippen LogP contribution in [0.3, 0.4) is 0 Å². The van der Waals surface area contributed by atoms with Gasteiger partial charge < -0.3 is 10.1 Å². The van der Waals surface area contributed by atoms with Crippen LogP contribution in [0.4, 0.5) is 11.5 Å². The number of rotatable bonds is 4. The summed E-state index contributed by atoms with van der Waals surface area (Å²) in [4.78, 5) is 25.3.